The molecule has 0 saturated carbocycles. The maximum Gasteiger partial charge on any atom is 0.225 e. The molecule has 0 aliphatic heterocycles. The van der Waals surface area contributed by atoms with Gasteiger partial charge in [-0.3, -0.25) is 4.79 Å². The van der Waals surface area contributed by atoms with Crippen LogP contribution >= 0.6 is 11.8 Å². The van der Waals surface area contributed by atoms with E-state index in [1.165, 1.54) is 17.8 Å². The minimum atomic E-state index is -3.58. The molecule has 2 rings (SSSR count). The van der Waals surface area contributed by atoms with Crippen molar-refractivity contribution >= 4 is 33.4 Å². The third kappa shape index (κ3) is 6.31. The number of amides is 1. The van der Waals surface area contributed by atoms with Crippen molar-refractivity contribution in [2.45, 2.75) is 17.1 Å². The predicted molar refractivity (Wildman–Crippen MR) is 93.6 cm³/mol. The minimum absolute atomic E-state index is 0.196. The molecule has 5 nitrogen and oxygen atoms in total. The number of anilines is 1. The van der Waals surface area contributed by atoms with E-state index in [0.717, 1.165) is 0 Å². The Morgan fingerprint density at radius 1 is 1.12 bits per heavy atom. The lowest BCUT2D eigenvalue weighted by atomic mass is 10.2. The van der Waals surface area contributed by atoms with Gasteiger partial charge in [0.1, 0.15) is 5.82 Å². The third-order valence-corrected chi connectivity index (χ3v) is 4.81. The highest BCUT2D eigenvalue weighted by atomic mass is 32.2. The lowest BCUT2D eigenvalue weighted by molar-refractivity contribution is -0.115. The van der Waals surface area contributed by atoms with Gasteiger partial charge >= 0.3 is 0 Å². The summed E-state index contributed by atoms with van der Waals surface area (Å²) in [5.41, 5.74) is 1.11. The smallest absolute Gasteiger partial charge is 0.225 e. The molecular formula is C16H17FN2O3S2. The molecule has 0 spiro atoms. The number of sulfonamides is 1. The topological polar surface area (TPSA) is 89.3 Å². The second-order valence-electron chi connectivity index (χ2n) is 5.08. The standard InChI is InChI=1S/C16H17FN2O3S2/c17-14-3-1-2-4-15(14)23-10-9-16(20)19-13-7-5-12(6-8-13)11-24(18,21)22/h1-8H,9-11H2,(H,19,20)(H2,18,21,22). The fourth-order valence-corrected chi connectivity index (χ4v) is 3.50. The summed E-state index contributed by atoms with van der Waals surface area (Å²) in [5.74, 6) is -0.289. The molecule has 0 bridgehead atoms. The molecule has 0 heterocycles. The van der Waals surface area contributed by atoms with Gasteiger partial charge < -0.3 is 5.32 Å². The number of hydrogen-bond donors (Lipinski definition) is 2. The van der Waals surface area contributed by atoms with Gasteiger partial charge in [0.2, 0.25) is 15.9 Å². The third-order valence-electron chi connectivity index (χ3n) is 3.03. The van der Waals surface area contributed by atoms with E-state index in [1.54, 1.807) is 42.5 Å². The van der Waals surface area contributed by atoms with E-state index in [2.05, 4.69) is 5.32 Å². The molecule has 0 atom stereocenters. The van der Waals surface area contributed by atoms with E-state index in [0.29, 0.717) is 21.9 Å². The number of thioether (sulfide) groups is 1. The summed E-state index contributed by atoms with van der Waals surface area (Å²) < 4.78 is 35.4. The van der Waals surface area contributed by atoms with Gasteiger partial charge in [0.05, 0.1) is 5.75 Å². The van der Waals surface area contributed by atoms with Gasteiger partial charge in [-0.05, 0) is 29.8 Å². The molecular weight excluding hydrogens is 351 g/mol. The molecule has 3 N–H and O–H groups in total. The highest BCUT2D eigenvalue weighted by Crippen LogP contribution is 2.22. The predicted octanol–water partition coefficient (Wildman–Crippen LogP) is 2.74. The average Bonchev–Trinajstić information content (AvgIpc) is 2.50. The van der Waals surface area contributed by atoms with E-state index >= 15 is 0 Å². The molecule has 0 aliphatic carbocycles. The Balaban J connectivity index is 1.81. The number of nitrogens with two attached hydrogens (primary N) is 1. The number of hydrogen-bond acceptors (Lipinski definition) is 4. The van der Waals surface area contributed by atoms with E-state index in [-0.39, 0.29) is 23.9 Å². The van der Waals surface area contributed by atoms with Crippen LogP contribution in [0.15, 0.2) is 53.4 Å². The molecule has 24 heavy (non-hydrogen) atoms. The zero-order valence-corrected chi connectivity index (χ0v) is 14.4. The molecule has 2 aromatic carbocycles. The van der Waals surface area contributed by atoms with Crippen LogP contribution in [0.3, 0.4) is 0 Å². The summed E-state index contributed by atoms with van der Waals surface area (Å²) in [5, 5.41) is 7.68. The molecule has 0 unspecified atom stereocenters. The van der Waals surface area contributed by atoms with Crippen molar-refractivity contribution in [2.75, 3.05) is 11.1 Å². The monoisotopic (exact) mass is 368 g/mol. The van der Waals surface area contributed by atoms with Crippen molar-refractivity contribution < 1.29 is 17.6 Å². The average molecular weight is 368 g/mol. The lowest BCUT2D eigenvalue weighted by Crippen LogP contribution is -2.15. The number of primary sulfonamides is 1. The van der Waals surface area contributed by atoms with E-state index in [9.17, 15) is 17.6 Å². The van der Waals surface area contributed by atoms with Gasteiger partial charge in [0.15, 0.2) is 0 Å². The maximum absolute atomic E-state index is 13.4. The minimum Gasteiger partial charge on any atom is -0.326 e. The molecule has 2 aromatic rings. The van der Waals surface area contributed by atoms with Gasteiger partial charge in [-0.2, -0.15) is 0 Å². The fraction of sp³-hybridized carbons (Fsp3) is 0.188. The van der Waals surface area contributed by atoms with Crippen LogP contribution in [0, 0.1) is 5.82 Å². The van der Waals surface area contributed by atoms with Crippen molar-refractivity contribution in [3.05, 3.63) is 59.9 Å². The van der Waals surface area contributed by atoms with Crippen LogP contribution in [-0.4, -0.2) is 20.1 Å². The molecule has 0 fully saturated rings. The van der Waals surface area contributed by atoms with Crippen LogP contribution in [-0.2, 0) is 20.6 Å². The van der Waals surface area contributed by atoms with Crippen molar-refractivity contribution in [3.63, 3.8) is 0 Å². The number of carbonyl (C=O) groups is 1. The molecule has 1 amide bonds. The van der Waals surface area contributed by atoms with Crippen LogP contribution in [0.5, 0.6) is 0 Å². The van der Waals surface area contributed by atoms with Gasteiger partial charge in [0, 0.05) is 22.8 Å². The van der Waals surface area contributed by atoms with Crippen molar-refractivity contribution in [3.8, 4) is 0 Å². The van der Waals surface area contributed by atoms with Gasteiger partial charge in [-0.1, -0.05) is 24.3 Å². The largest absolute Gasteiger partial charge is 0.326 e. The summed E-state index contributed by atoms with van der Waals surface area (Å²) >= 11 is 1.28. The number of rotatable bonds is 7. The molecule has 0 radical (unpaired) electrons. The Labute approximate surface area is 144 Å². The van der Waals surface area contributed by atoms with Crippen LogP contribution in [0.25, 0.3) is 0 Å². The molecule has 0 aromatic heterocycles. The Morgan fingerprint density at radius 3 is 2.42 bits per heavy atom. The van der Waals surface area contributed by atoms with E-state index < -0.39 is 10.0 Å². The van der Waals surface area contributed by atoms with E-state index in [1.807, 2.05) is 0 Å². The Morgan fingerprint density at radius 2 is 1.79 bits per heavy atom. The van der Waals surface area contributed by atoms with Crippen LogP contribution in [0.2, 0.25) is 0 Å². The quantitative estimate of drug-likeness (QED) is 0.736. The zero-order valence-electron chi connectivity index (χ0n) is 12.7. The second kappa shape index (κ2) is 8.27. The van der Waals surface area contributed by atoms with Crippen LogP contribution in [0.4, 0.5) is 10.1 Å². The first-order valence-electron chi connectivity index (χ1n) is 7.10. The first kappa shape index (κ1) is 18.4. The number of benzene rings is 2. The fourth-order valence-electron chi connectivity index (χ4n) is 1.96. The van der Waals surface area contributed by atoms with Crippen molar-refractivity contribution in [1.82, 2.24) is 0 Å². The van der Waals surface area contributed by atoms with E-state index in [4.69, 9.17) is 5.14 Å². The lowest BCUT2D eigenvalue weighted by Gasteiger charge is -2.07. The van der Waals surface area contributed by atoms with Crippen molar-refractivity contribution in [2.24, 2.45) is 5.14 Å². The number of carbonyl (C=O) groups excluding carboxylic acids is 1. The summed E-state index contributed by atoms with van der Waals surface area (Å²) in [6, 6.07) is 12.8. The van der Waals surface area contributed by atoms with Crippen LogP contribution in [0.1, 0.15) is 12.0 Å². The molecule has 0 aliphatic rings. The SMILES string of the molecule is NS(=O)(=O)Cc1ccc(NC(=O)CCSc2ccccc2F)cc1. The first-order chi connectivity index (χ1) is 11.3. The Hall–Kier alpha value is -1.90. The summed E-state index contributed by atoms with van der Waals surface area (Å²) in [4.78, 5) is 12.4. The van der Waals surface area contributed by atoms with Crippen LogP contribution < -0.4 is 10.5 Å². The van der Waals surface area contributed by atoms with Gasteiger partial charge in [0.25, 0.3) is 0 Å². The van der Waals surface area contributed by atoms with Crippen molar-refractivity contribution in [1.29, 1.82) is 0 Å². The summed E-state index contributed by atoms with van der Waals surface area (Å²) in [7, 11) is -3.58. The summed E-state index contributed by atoms with van der Waals surface area (Å²) in [6.45, 7) is 0. The van der Waals surface area contributed by atoms with Gasteiger partial charge in [-0.25, -0.2) is 17.9 Å². The summed E-state index contributed by atoms with van der Waals surface area (Å²) in [6.07, 6.45) is 0.234. The number of nitrogens with one attached hydrogen (secondary N) is 1. The normalized spacial score (nSPS) is 11.2. The zero-order chi connectivity index (χ0) is 17.6. The highest BCUT2D eigenvalue weighted by molar-refractivity contribution is 7.99. The molecule has 128 valence electrons. The molecule has 0 saturated heterocycles. The van der Waals surface area contributed by atoms with Gasteiger partial charge in [-0.15, -0.1) is 11.8 Å². The maximum atomic E-state index is 13.4. The highest BCUT2D eigenvalue weighted by Gasteiger charge is 2.07. The number of halogens is 1. The second-order valence-corrected chi connectivity index (χ2v) is 7.83. The Bertz CT molecular complexity index is 808. The molecule has 8 heteroatoms. The first-order valence-corrected chi connectivity index (χ1v) is 9.80. The Kier molecular flexibility index (Phi) is 6.36.